The van der Waals surface area contributed by atoms with E-state index >= 15 is 0 Å². The zero-order chi connectivity index (χ0) is 16.1. The first kappa shape index (κ1) is 15.0. The Kier molecular flexibility index (Phi) is 4.48. The molecule has 0 saturated heterocycles. The Morgan fingerprint density at radius 1 is 1.26 bits per heavy atom. The van der Waals surface area contributed by atoms with Gasteiger partial charge in [0.05, 0.1) is 6.21 Å². The molecule has 0 radical (unpaired) electrons. The Balaban J connectivity index is 1.53. The topological polar surface area (TPSA) is 91.2 Å². The van der Waals surface area contributed by atoms with Gasteiger partial charge in [0, 0.05) is 6.07 Å². The standard InChI is InChI=1S/C14H12FN5O2S/c15-10-3-1-9(2-4-10)8-21-12-6-5-11(22-12)7-16-18-13-17-14(23)20-19-13/h1-7H,8H2,(H3,17,18,19,20,23)/b16-7-. The summed E-state index contributed by atoms with van der Waals surface area (Å²) in [6.45, 7) is 0.284. The van der Waals surface area contributed by atoms with Crippen LogP contribution in [-0.4, -0.2) is 21.4 Å². The van der Waals surface area contributed by atoms with Gasteiger partial charge in [-0.15, -0.1) is 0 Å². The number of aromatic amines is 2. The lowest BCUT2D eigenvalue weighted by Crippen LogP contribution is -1.94. The van der Waals surface area contributed by atoms with E-state index < -0.39 is 0 Å². The number of H-pyrrole nitrogens is 2. The van der Waals surface area contributed by atoms with Crippen LogP contribution in [0.1, 0.15) is 11.3 Å². The number of ether oxygens (including phenoxy) is 1. The third-order valence-electron chi connectivity index (χ3n) is 2.76. The van der Waals surface area contributed by atoms with Gasteiger partial charge in [0.2, 0.25) is 10.7 Å². The number of nitrogens with zero attached hydrogens (tertiary/aromatic N) is 2. The van der Waals surface area contributed by atoms with Crippen LogP contribution < -0.4 is 10.2 Å². The van der Waals surface area contributed by atoms with Crippen LogP contribution >= 0.6 is 12.2 Å². The number of aromatic nitrogens is 3. The molecule has 0 fully saturated rings. The maximum atomic E-state index is 12.8. The molecule has 9 heteroatoms. The first-order valence-corrected chi connectivity index (χ1v) is 7.01. The van der Waals surface area contributed by atoms with E-state index in [0.717, 1.165) is 5.56 Å². The average Bonchev–Trinajstić information content (AvgIpc) is 3.16. The van der Waals surface area contributed by atoms with Gasteiger partial charge in [-0.1, -0.05) is 12.1 Å². The van der Waals surface area contributed by atoms with Gasteiger partial charge in [0.15, 0.2) is 5.76 Å². The summed E-state index contributed by atoms with van der Waals surface area (Å²) in [5.41, 5.74) is 3.50. The Bertz CT molecular complexity index is 852. The van der Waals surface area contributed by atoms with Gasteiger partial charge in [-0.3, -0.25) is 10.2 Å². The van der Waals surface area contributed by atoms with Crippen molar-refractivity contribution in [3.05, 3.63) is 58.3 Å². The van der Waals surface area contributed by atoms with Gasteiger partial charge in [-0.2, -0.15) is 10.1 Å². The van der Waals surface area contributed by atoms with Crippen LogP contribution in [0.25, 0.3) is 0 Å². The van der Waals surface area contributed by atoms with Crippen molar-refractivity contribution in [1.29, 1.82) is 0 Å². The van der Waals surface area contributed by atoms with E-state index in [2.05, 4.69) is 25.7 Å². The van der Waals surface area contributed by atoms with E-state index in [0.29, 0.717) is 22.4 Å². The number of rotatable bonds is 6. The lowest BCUT2D eigenvalue weighted by molar-refractivity contribution is 0.231. The summed E-state index contributed by atoms with van der Waals surface area (Å²) in [6.07, 6.45) is 1.47. The molecule has 0 amide bonds. The molecule has 0 unspecified atom stereocenters. The molecule has 0 spiro atoms. The number of hydrazone groups is 1. The number of nitrogens with one attached hydrogen (secondary N) is 3. The van der Waals surface area contributed by atoms with Crippen LogP contribution in [0.2, 0.25) is 0 Å². The summed E-state index contributed by atoms with van der Waals surface area (Å²) in [7, 11) is 0. The third kappa shape index (κ3) is 4.27. The van der Waals surface area contributed by atoms with E-state index in [4.69, 9.17) is 21.4 Å². The highest BCUT2D eigenvalue weighted by molar-refractivity contribution is 7.71. The van der Waals surface area contributed by atoms with Gasteiger partial charge in [0.25, 0.3) is 5.95 Å². The molecule has 3 N–H and O–H groups in total. The zero-order valence-corrected chi connectivity index (χ0v) is 12.6. The summed E-state index contributed by atoms with van der Waals surface area (Å²) < 4.78 is 24.0. The number of hydrogen-bond acceptors (Lipinski definition) is 6. The molecular weight excluding hydrogens is 321 g/mol. The highest BCUT2D eigenvalue weighted by Crippen LogP contribution is 2.16. The second-order valence-electron chi connectivity index (χ2n) is 4.46. The Morgan fingerprint density at radius 3 is 2.83 bits per heavy atom. The molecule has 0 aliphatic carbocycles. The van der Waals surface area contributed by atoms with E-state index in [9.17, 15) is 4.39 Å². The Morgan fingerprint density at radius 2 is 2.09 bits per heavy atom. The normalized spacial score (nSPS) is 11.0. The lowest BCUT2D eigenvalue weighted by Gasteiger charge is -2.02. The van der Waals surface area contributed by atoms with Gasteiger partial charge >= 0.3 is 0 Å². The molecule has 0 saturated carbocycles. The van der Waals surface area contributed by atoms with Crippen molar-refractivity contribution in [2.24, 2.45) is 5.10 Å². The minimum Gasteiger partial charge on any atom is -0.460 e. The number of benzene rings is 1. The van der Waals surface area contributed by atoms with Crippen molar-refractivity contribution in [1.82, 2.24) is 15.2 Å². The molecule has 0 aliphatic rings. The molecule has 2 aromatic heterocycles. The second kappa shape index (κ2) is 6.88. The van der Waals surface area contributed by atoms with Crippen LogP contribution in [0.3, 0.4) is 0 Å². The maximum Gasteiger partial charge on any atom is 0.285 e. The van der Waals surface area contributed by atoms with Crippen molar-refractivity contribution < 1.29 is 13.5 Å². The fourth-order valence-corrected chi connectivity index (χ4v) is 1.84. The minimum absolute atomic E-state index is 0.282. The second-order valence-corrected chi connectivity index (χ2v) is 4.84. The number of furan rings is 1. The van der Waals surface area contributed by atoms with Crippen LogP contribution in [0, 0.1) is 10.6 Å². The molecule has 0 aliphatic heterocycles. The summed E-state index contributed by atoms with van der Waals surface area (Å²) >= 11 is 4.81. The molecule has 7 nitrogen and oxygen atoms in total. The Labute approximate surface area is 135 Å². The average molecular weight is 333 g/mol. The Hall–Kier alpha value is -2.94. The summed E-state index contributed by atoms with van der Waals surface area (Å²) in [6, 6.07) is 9.44. The predicted molar refractivity (Wildman–Crippen MR) is 84.4 cm³/mol. The van der Waals surface area contributed by atoms with E-state index in [1.165, 1.54) is 18.3 Å². The van der Waals surface area contributed by atoms with Crippen molar-refractivity contribution in [2.45, 2.75) is 6.61 Å². The SMILES string of the molecule is Fc1ccc(COc2ccc(/C=N\Nc3nc(=S)[nH][nH]3)o2)cc1. The van der Waals surface area contributed by atoms with Gasteiger partial charge in [0.1, 0.15) is 12.4 Å². The zero-order valence-electron chi connectivity index (χ0n) is 11.7. The van der Waals surface area contributed by atoms with E-state index in [-0.39, 0.29) is 12.4 Å². The smallest absolute Gasteiger partial charge is 0.285 e. The maximum absolute atomic E-state index is 12.8. The van der Waals surface area contributed by atoms with Crippen LogP contribution in [0.15, 0.2) is 45.9 Å². The van der Waals surface area contributed by atoms with Gasteiger partial charge in [-0.05, 0) is 36.0 Å². The summed E-state index contributed by atoms with van der Waals surface area (Å²) in [4.78, 5) is 3.91. The number of halogens is 1. The fraction of sp³-hybridized carbons (Fsp3) is 0.0714. The van der Waals surface area contributed by atoms with Crippen LogP contribution in [0.5, 0.6) is 5.95 Å². The molecule has 0 bridgehead atoms. The third-order valence-corrected chi connectivity index (χ3v) is 2.95. The molecule has 3 rings (SSSR count). The first-order valence-electron chi connectivity index (χ1n) is 6.60. The highest BCUT2D eigenvalue weighted by atomic mass is 32.1. The van der Waals surface area contributed by atoms with Crippen molar-refractivity contribution in [2.75, 3.05) is 5.43 Å². The van der Waals surface area contributed by atoms with Crippen LogP contribution in [0.4, 0.5) is 10.3 Å². The fourth-order valence-electron chi connectivity index (χ4n) is 1.70. The summed E-state index contributed by atoms with van der Waals surface area (Å²) in [5, 5.41) is 9.27. The molecule has 2 heterocycles. The quantitative estimate of drug-likeness (QED) is 0.366. The number of hydrogen-bond donors (Lipinski definition) is 3. The lowest BCUT2D eigenvalue weighted by atomic mass is 10.2. The summed E-state index contributed by atoms with van der Waals surface area (Å²) in [5.74, 6) is 0.955. The minimum atomic E-state index is -0.282. The van der Waals surface area contributed by atoms with E-state index in [1.807, 2.05) is 0 Å². The largest absolute Gasteiger partial charge is 0.460 e. The highest BCUT2D eigenvalue weighted by Gasteiger charge is 2.02. The van der Waals surface area contributed by atoms with E-state index in [1.54, 1.807) is 24.3 Å². The molecule has 0 atom stereocenters. The molecule has 23 heavy (non-hydrogen) atoms. The number of anilines is 1. The molecule has 118 valence electrons. The van der Waals surface area contributed by atoms with Crippen molar-refractivity contribution >= 4 is 24.4 Å². The monoisotopic (exact) mass is 333 g/mol. The first-order chi connectivity index (χ1) is 11.2. The van der Waals surface area contributed by atoms with Crippen LogP contribution in [-0.2, 0) is 6.61 Å². The van der Waals surface area contributed by atoms with Gasteiger partial charge < -0.3 is 9.15 Å². The van der Waals surface area contributed by atoms with Crippen molar-refractivity contribution in [3.8, 4) is 5.95 Å². The molecule has 1 aromatic carbocycles. The predicted octanol–water partition coefficient (Wildman–Crippen LogP) is 3.22. The molecule has 3 aromatic rings. The van der Waals surface area contributed by atoms with Gasteiger partial charge in [-0.25, -0.2) is 9.82 Å². The molecular formula is C14H12FN5O2S. The van der Waals surface area contributed by atoms with Crippen molar-refractivity contribution in [3.63, 3.8) is 0 Å².